The molecular formula is C28H31F7N6O4. The average Bonchev–Trinajstić information content (AvgIpc) is 3.57. The Balaban J connectivity index is 0.000000591. The molecule has 1 aromatic carbocycles. The summed E-state index contributed by atoms with van der Waals surface area (Å²) in [5.41, 5.74) is 6.31. The van der Waals surface area contributed by atoms with Crippen molar-refractivity contribution in [3.05, 3.63) is 59.0 Å². The zero-order chi connectivity index (χ0) is 33.1. The molecule has 0 saturated carbocycles. The minimum Gasteiger partial charge on any atom is -0.475 e. The lowest BCUT2D eigenvalue weighted by Gasteiger charge is -2.37. The number of carboxylic acid groups (broad SMARTS) is 1. The fraction of sp³-hybridized carbons (Fsp3) is 0.500. The predicted molar refractivity (Wildman–Crippen MR) is 146 cm³/mol. The van der Waals surface area contributed by atoms with Gasteiger partial charge in [-0.3, -0.25) is 4.79 Å². The van der Waals surface area contributed by atoms with Crippen molar-refractivity contribution in [2.75, 3.05) is 44.2 Å². The zero-order valence-corrected chi connectivity index (χ0v) is 23.8. The van der Waals surface area contributed by atoms with Crippen molar-refractivity contribution in [3.63, 3.8) is 0 Å². The Bertz CT molecular complexity index is 1380. The first-order valence-electron chi connectivity index (χ1n) is 14.0. The van der Waals surface area contributed by atoms with Gasteiger partial charge in [-0.05, 0) is 43.0 Å². The number of benzene rings is 1. The fourth-order valence-corrected chi connectivity index (χ4v) is 5.42. The van der Waals surface area contributed by atoms with Crippen LogP contribution in [0.5, 0.6) is 0 Å². The van der Waals surface area contributed by atoms with E-state index < -0.39 is 29.7 Å². The molecule has 0 bridgehead atoms. The Morgan fingerprint density at radius 3 is 2.09 bits per heavy atom. The molecular weight excluding hydrogens is 617 g/mol. The summed E-state index contributed by atoms with van der Waals surface area (Å²) in [5, 5.41) is 7.12. The minimum absolute atomic E-state index is 0.0252. The number of hydrogen-bond donors (Lipinski definition) is 2. The molecule has 1 unspecified atom stereocenters. The molecule has 3 aliphatic rings. The maximum Gasteiger partial charge on any atom is 0.490 e. The van der Waals surface area contributed by atoms with Crippen LogP contribution in [0.3, 0.4) is 0 Å². The Kier molecular flexibility index (Phi) is 10.1. The van der Waals surface area contributed by atoms with E-state index in [2.05, 4.69) is 4.98 Å². The van der Waals surface area contributed by atoms with E-state index in [-0.39, 0.29) is 29.8 Å². The number of nitrogens with two attached hydrogens (primary N) is 1. The van der Waals surface area contributed by atoms with Crippen molar-refractivity contribution >= 4 is 23.7 Å². The van der Waals surface area contributed by atoms with E-state index in [1.54, 1.807) is 26.8 Å². The predicted octanol–water partition coefficient (Wildman–Crippen LogP) is 3.95. The number of carboxylic acids is 1. The molecule has 3 aliphatic heterocycles. The van der Waals surface area contributed by atoms with E-state index in [0.29, 0.717) is 76.5 Å². The number of alkyl halides is 6. The van der Waals surface area contributed by atoms with Gasteiger partial charge in [-0.25, -0.2) is 19.0 Å². The maximum atomic E-state index is 14.3. The van der Waals surface area contributed by atoms with E-state index in [9.17, 15) is 40.3 Å². The van der Waals surface area contributed by atoms with Crippen LogP contribution in [0.15, 0.2) is 36.5 Å². The third-order valence-electron chi connectivity index (χ3n) is 7.81. The third kappa shape index (κ3) is 8.32. The van der Waals surface area contributed by atoms with Crippen LogP contribution in [0.25, 0.3) is 0 Å². The van der Waals surface area contributed by atoms with Gasteiger partial charge in [-0.1, -0.05) is 12.1 Å². The molecule has 0 radical (unpaired) electrons. The molecule has 10 nitrogen and oxygen atoms in total. The van der Waals surface area contributed by atoms with Gasteiger partial charge in [0, 0.05) is 69.7 Å². The number of halogens is 7. The van der Waals surface area contributed by atoms with Gasteiger partial charge < -0.3 is 30.4 Å². The van der Waals surface area contributed by atoms with E-state index in [1.165, 1.54) is 0 Å². The first kappa shape index (κ1) is 33.7. The monoisotopic (exact) mass is 648 g/mol. The Hall–Kier alpha value is -4.15. The molecule has 4 heterocycles. The zero-order valence-electron chi connectivity index (χ0n) is 23.8. The minimum atomic E-state index is -5.08. The summed E-state index contributed by atoms with van der Waals surface area (Å²) in [6.45, 7) is 3.57. The van der Waals surface area contributed by atoms with Crippen LogP contribution in [0, 0.1) is 5.82 Å². The van der Waals surface area contributed by atoms with Crippen LogP contribution < -0.4 is 10.6 Å². The highest BCUT2D eigenvalue weighted by Gasteiger charge is 2.39. The molecule has 0 spiro atoms. The molecule has 3 N–H and O–H groups in total. The van der Waals surface area contributed by atoms with Gasteiger partial charge in [0.15, 0.2) is 11.6 Å². The number of rotatable bonds is 5. The first-order valence-corrected chi connectivity index (χ1v) is 14.0. The van der Waals surface area contributed by atoms with E-state index in [4.69, 9.17) is 15.6 Å². The summed E-state index contributed by atoms with van der Waals surface area (Å²) in [6.07, 6.45) is -7.14. The summed E-state index contributed by atoms with van der Waals surface area (Å²) >= 11 is 0. The second-order valence-electron chi connectivity index (χ2n) is 10.9. The molecule has 246 valence electrons. The molecule has 0 aliphatic carbocycles. The van der Waals surface area contributed by atoms with Gasteiger partial charge in [0.25, 0.3) is 5.91 Å². The van der Waals surface area contributed by atoms with E-state index in [0.717, 1.165) is 12.0 Å². The number of pyridine rings is 1. The van der Waals surface area contributed by atoms with Gasteiger partial charge in [0.1, 0.15) is 0 Å². The number of anilines is 1. The number of likely N-dealkylation sites (tertiary alicyclic amines) is 1. The lowest BCUT2D eigenvalue weighted by atomic mass is 10.0. The SMILES string of the molecule is NC1CCN(C(=O)c2ccc(CN3CCN(C4CCN(c5ncc(C(F)(F)F)cc5F)CC4)C3=O)cc2)C1.O=C(O)C(F)(F)F. The maximum absolute atomic E-state index is 14.3. The van der Waals surface area contributed by atoms with Crippen molar-refractivity contribution < 1.29 is 50.2 Å². The highest BCUT2D eigenvalue weighted by atomic mass is 19.4. The summed E-state index contributed by atoms with van der Waals surface area (Å²) in [4.78, 5) is 45.3. The van der Waals surface area contributed by atoms with Crippen LogP contribution in [0.4, 0.5) is 41.3 Å². The second kappa shape index (κ2) is 13.5. The van der Waals surface area contributed by atoms with Crippen molar-refractivity contribution in [1.29, 1.82) is 0 Å². The van der Waals surface area contributed by atoms with Gasteiger partial charge in [0.05, 0.1) is 5.56 Å². The fourth-order valence-electron chi connectivity index (χ4n) is 5.42. The third-order valence-corrected chi connectivity index (χ3v) is 7.81. The molecule has 2 aromatic rings. The quantitative estimate of drug-likeness (QED) is 0.471. The van der Waals surface area contributed by atoms with E-state index >= 15 is 0 Å². The number of urea groups is 1. The van der Waals surface area contributed by atoms with Crippen LogP contribution in [-0.2, 0) is 17.5 Å². The van der Waals surface area contributed by atoms with E-state index in [1.807, 2.05) is 17.0 Å². The van der Waals surface area contributed by atoms with Gasteiger partial charge in [-0.15, -0.1) is 0 Å². The van der Waals surface area contributed by atoms with Crippen molar-refractivity contribution in [1.82, 2.24) is 19.7 Å². The highest BCUT2D eigenvalue weighted by Crippen LogP contribution is 2.32. The number of amides is 3. The van der Waals surface area contributed by atoms with Crippen LogP contribution in [0.1, 0.15) is 40.7 Å². The number of carbonyl (C=O) groups is 3. The number of aliphatic carboxylic acids is 1. The summed E-state index contributed by atoms with van der Waals surface area (Å²) in [6, 6.07) is 7.68. The Labute approximate surface area is 253 Å². The lowest BCUT2D eigenvalue weighted by Crippen LogP contribution is -2.47. The van der Waals surface area contributed by atoms with Crippen LogP contribution >= 0.6 is 0 Å². The topological polar surface area (TPSA) is 123 Å². The molecule has 1 atom stereocenters. The van der Waals surface area contributed by atoms with Crippen molar-refractivity contribution in [3.8, 4) is 0 Å². The van der Waals surface area contributed by atoms with Crippen molar-refractivity contribution in [2.45, 2.75) is 50.2 Å². The normalized spacial score (nSPS) is 19.6. The van der Waals surface area contributed by atoms with Gasteiger partial charge in [-0.2, -0.15) is 26.3 Å². The highest BCUT2D eigenvalue weighted by molar-refractivity contribution is 5.94. The molecule has 5 rings (SSSR count). The number of nitrogens with zero attached hydrogens (tertiary/aromatic N) is 5. The molecule has 45 heavy (non-hydrogen) atoms. The van der Waals surface area contributed by atoms with Gasteiger partial charge >= 0.3 is 24.4 Å². The Morgan fingerprint density at radius 2 is 1.58 bits per heavy atom. The van der Waals surface area contributed by atoms with Gasteiger partial charge in [0.2, 0.25) is 0 Å². The second-order valence-corrected chi connectivity index (χ2v) is 10.9. The molecule has 17 heteroatoms. The summed E-state index contributed by atoms with van der Waals surface area (Å²) in [5.74, 6) is -3.89. The number of carbonyl (C=O) groups excluding carboxylic acids is 2. The summed E-state index contributed by atoms with van der Waals surface area (Å²) < 4.78 is 84.5. The number of piperidine rings is 1. The Morgan fingerprint density at radius 1 is 0.956 bits per heavy atom. The molecule has 3 amide bonds. The van der Waals surface area contributed by atoms with Crippen LogP contribution in [-0.4, -0.2) is 100 Å². The lowest BCUT2D eigenvalue weighted by molar-refractivity contribution is -0.192. The first-order chi connectivity index (χ1) is 21.0. The number of hydrogen-bond acceptors (Lipinski definition) is 6. The largest absolute Gasteiger partial charge is 0.490 e. The number of aromatic nitrogens is 1. The summed E-state index contributed by atoms with van der Waals surface area (Å²) in [7, 11) is 0. The van der Waals surface area contributed by atoms with Crippen LogP contribution in [0.2, 0.25) is 0 Å². The average molecular weight is 649 g/mol. The smallest absolute Gasteiger partial charge is 0.475 e. The van der Waals surface area contributed by atoms with Crippen molar-refractivity contribution in [2.24, 2.45) is 5.73 Å². The molecule has 1 aromatic heterocycles. The standard InChI is InChI=1S/C26H30F4N6O2.C2HF3O2/c27-22-13-19(26(28,29)30)14-32-23(22)33-9-6-21(7-10-33)36-12-11-35(25(36)38)15-17-1-3-18(4-2-17)24(37)34-8-5-20(31)16-34;3-2(4,5)1(6)7/h1-4,13-14,20-21H,5-12,15-16,31H2;(H,6,7). The molecule has 3 saturated heterocycles. The molecule has 3 fully saturated rings.